The van der Waals surface area contributed by atoms with E-state index in [0.717, 1.165) is 45.9 Å². The normalized spacial score (nSPS) is 17.5. The van der Waals surface area contributed by atoms with E-state index < -0.39 is 12.1 Å². The van der Waals surface area contributed by atoms with Crippen LogP contribution >= 0.6 is 11.8 Å². The predicted octanol–water partition coefficient (Wildman–Crippen LogP) is 5.43. The second-order valence-electron chi connectivity index (χ2n) is 10.4. The molecule has 0 fully saturated rings. The quantitative estimate of drug-likeness (QED) is 0.271. The molecule has 2 atom stereocenters. The molecule has 1 aliphatic heterocycles. The molecular weight excluding hydrogens is 496 g/mol. The van der Waals surface area contributed by atoms with Crippen molar-refractivity contribution < 1.29 is 23.5 Å². The summed E-state index contributed by atoms with van der Waals surface area (Å²) < 4.78 is 11.8. The number of para-hydroxylation sites is 1. The summed E-state index contributed by atoms with van der Waals surface area (Å²) in [5, 5.41) is -0.382. The van der Waals surface area contributed by atoms with Gasteiger partial charge >= 0.3 is 5.97 Å². The Balaban J connectivity index is 1.59. The highest BCUT2D eigenvalue weighted by Crippen LogP contribution is 2.46. The molecule has 7 heteroatoms. The van der Waals surface area contributed by atoms with Crippen molar-refractivity contribution in [2.45, 2.75) is 36.5 Å². The molecule has 38 heavy (non-hydrogen) atoms. The van der Waals surface area contributed by atoms with Crippen LogP contribution in [0.4, 0.5) is 5.69 Å². The Hall–Kier alpha value is -3.29. The summed E-state index contributed by atoms with van der Waals surface area (Å²) >= 11 is 1.56. The molecule has 1 aliphatic rings. The Labute approximate surface area is 230 Å². The third-order valence-electron chi connectivity index (χ3n) is 6.95. The largest absolute Gasteiger partial charge is 0.497 e. The third-order valence-corrected chi connectivity index (χ3v) is 8.32. The summed E-state index contributed by atoms with van der Waals surface area (Å²) in [6, 6.07) is 24.2. The van der Waals surface area contributed by atoms with Crippen LogP contribution in [-0.2, 0) is 20.7 Å². The lowest BCUT2D eigenvalue weighted by Gasteiger charge is -2.34. The molecule has 3 aromatic carbocycles. The first-order chi connectivity index (χ1) is 18.2. The number of esters is 1. The second kappa shape index (κ2) is 12.0. The maximum atomic E-state index is 14.1. The van der Waals surface area contributed by atoms with E-state index in [0.29, 0.717) is 6.54 Å². The van der Waals surface area contributed by atoms with Gasteiger partial charge in [0.15, 0.2) is 6.10 Å². The summed E-state index contributed by atoms with van der Waals surface area (Å²) in [6.07, 6.45) is 0.0196. The molecule has 6 nitrogen and oxygen atoms in total. The molecular formula is C31H37N2O4S+. The first kappa shape index (κ1) is 27.7. The van der Waals surface area contributed by atoms with Crippen LogP contribution in [0.1, 0.15) is 28.9 Å². The molecule has 0 aromatic heterocycles. The van der Waals surface area contributed by atoms with Gasteiger partial charge in [-0.1, -0.05) is 54.1 Å². The minimum Gasteiger partial charge on any atom is -0.497 e. The summed E-state index contributed by atoms with van der Waals surface area (Å²) in [5.74, 6) is 0.0650. The Morgan fingerprint density at radius 1 is 1.00 bits per heavy atom. The first-order valence-corrected chi connectivity index (χ1v) is 13.8. The molecule has 4 rings (SSSR count). The highest BCUT2D eigenvalue weighted by Gasteiger charge is 2.41. The summed E-state index contributed by atoms with van der Waals surface area (Å²) in [4.78, 5) is 29.0. The van der Waals surface area contributed by atoms with Crippen molar-refractivity contribution in [3.63, 3.8) is 0 Å². The van der Waals surface area contributed by atoms with Gasteiger partial charge in [0.05, 0.1) is 51.8 Å². The van der Waals surface area contributed by atoms with Crippen molar-refractivity contribution >= 4 is 29.3 Å². The number of rotatable bonds is 9. The zero-order valence-corrected chi connectivity index (χ0v) is 23.7. The first-order valence-electron chi connectivity index (χ1n) is 12.9. The highest BCUT2D eigenvalue weighted by atomic mass is 32.2. The number of anilines is 1. The fourth-order valence-electron chi connectivity index (χ4n) is 4.72. The van der Waals surface area contributed by atoms with E-state index in [1.165, 1.54) is 18.1 Å². The van der Waals surface area contributed by atoms with Crippen LogP contribution in [0.15, 0.2) is 77.7 Å². The van der Waals surface area contributed by atoms with Crippen molar-refractivity contribution in [2.24, 2.45) is 0 Å². The average Bonchev–Trinajstić information content (AvgIpc) is 3.01. The number of carbonyl (C=O) groups excluding carboxylic acids is 2. The molecule has 2 unspecified atom stereocenters. The van der Waals surface area contributed by atoms with E-state index in [1.54, 1.807) is 18.9 Å². The molecule has 0 N–H and O–H groups in total. The molecule has 3 aromatic rings. The van der Waals surface area contributed by atoms with Crippen molar-refractivity contribution in [3.05, 3.63) is 89.5 Å². The average molecular weight is 534 g/mol. The van der Waals surface area contributed by atoms with E-state index in [1.807, 2.05) is 53.4 Å². The highest BCUT2D eigenvalue weighted by molar-refractivity contribution is 7.99. The van der Waals surface area contributed by atoms with Gasteiger partial charge in [-0.2, -0.15) is 0 Å². The van der Waals surface area contributed by atoms with E-state index in [9.17, 15) is 9.59 Å². The number of likely N-dealkylation sites (N-methyl/N-ethyl adjacent to an activating group) is 1. The maximum Gasteiger partial charge on any atom is 0.303 e. The standard InChI is InChI=1S/C31H37N2O4S/c1-22-9-8-10-24(21-22)17-19-33(3,4)20-18-32-27-11-6-7-12-28(27)38-30(29(31(32)35)37-23(2)34)25-13-15-26(36-5)16-14-25/h6-16,21,29-30H,17-20H2,1-5H3/q+1. The smallest absolute Gasteiger partial charge is 0.303 e. The van der Waals surface area contributed by atoms with Crippen LogP contribution in [0, 0.1) is 6.92 Å². The van der Waals surface area contributed by atoms with Crippen molar-refractivity contribution in [1.82, 2.24) is 0 Å². The Kier molecular flexibility index (Phi) is 8.80. The minimum atomic E-state index is -0.943. The number of ether oxygens (including phenoxy) is 2. The second-order valence-corrected chi connectivity index (χ2v) is 11.6. The van der Waals surface area contributed by atoms with Gasteiger partial charge in [0, 0.05) is 18.2 Å². The SMILES string of the molecule is COc1ccc(C2Sc3ccccc3N(CC[N+](C)(C)CCc3cccc(C)c3)C(=O)C2OC(C)=O)cc1. The lowest BCUT2D eigenvalue weighted by atomic mass is 10.1. The maximum absolute atomic E-state index is 14.1. The molecule has 0 bridgehead atoms. The molecule has 1 amide bonds. The lowest BCUT2D eigenvalue weighted by molar-refractivity contribution is -0.888. The molecule has 0 spiro atoms. The Morgan fingerprint density at radius 2 is 1.74 bits per heavy atom. The zero-order valence-electron chi connectivity index (χ0n) is 22.8. The zero-order chi connectivity index (χ0) is 27.3. The summed E-state index contributed by atoms with van der Waals surface area (Å²) in [7, 11) is 6.01. The number of fused-ring (bicyclic) bond motifs is 1. The van der Waals surface area contributed by atoms with Crippen LogP contribution in [0.5, 0.6) is 5.75 Å². The number of quaternary nitrogens is 1. The summed E-state index contributed by atoms with van der Waals surface area (Å²) in [5.41, 5.74) is 4.34. The van der Waals surface area contributed by atoms with Gasteiger partial charge in [-0.3, -0.25) is 9.59 Å². The van der Waals surface area contributed by atoms with Crippen molar-refractivity contribution in [2.75, 3.05) is 45.7 Å². The number of thioether (sulfide) groups is 1. The van der Waals surface area contributed by atoms with Gasteiger partial charge in [-0.25, -0.2) is 0 Å². The molecule has 0 radical (unpaired) electrons. The number of hydrogen-bond acceptors (Lipinski definition) is 5. The molecule has 0 saturated carbocycles. The Bertz CT molecular complexity index is 1270. The van der Waals surface area contributed by atoms with Crippen molar-refractivity contribution in [1.29, 1.82) is 0 Å². The molecule has 0 saturated heterocycles. The van der Waals surface area contributed by atoms with Gasteiger partial charge in [-0.15, -0.1) is 11.8 Å². The van der Waals surface area contributed by atoms with E-state index >= 15 is 0 Å². The van der Waals surface area contributed by atoms with Crippen LogP contribution in [-0.4, -0.2) is 63.3 Å². The van der Waals surface area contributed by atoms with E-state index in [4.69, 9.17) is 9.47 Å². The number of benzene rings is 3. The lowest BCUT2D eigenvalue weighted by Crippen LogP contribution is -2.50. The number of nitrogens with zero attached hydrogens (tertiary/aromatic N) is 2. The number of hydrogen-bond donors (Lipinski definition) is 0. The number of amides is 1. The van der Waals surface area contributed by atoms with Crippen LogP contribution in [0.25, 0.3) is 0 Å². The van der Waals surface area contributed by atoms with Crippen molar-refractivity contribution in [3.8, 4) is 5.75 Å². The van der Waals surface area contributed by atoms with E-state index in [2.05, 4.69) is 45.3 Å². The van der Waals surface area contributed by atoms with Crippen LogP contribution in [0.2, 0.25) is 0 Å². The minimum absolute atomic E-state index is 0.197. The van der Waals surface area contributed by atoms with Gasteiger partial charge in [-0.05, 0) is 42.3 Å². The van der Waals surface area contributed by atoms with E-state index in [-0.39, 0.29) is 11.2 Å². The van der Waals surface area contributed by atoms with Gasteiger partial charge in [0.1, 0.15) is 5.75 Å². The monoisotopic (exact) mass is 533 g/mol. The number of aryl methyl sites for hydroxylation is 1. The van der Waals surface area contributed by atoms with Gasteiger partial charge in [0.2, 0.25) is 0 Å². The predicted molar refractivity (Wildman–Crippen MR) is 153 cm³/mol. The summed E-state index contributed by atoms with van der Waals surface area (Å²) in [6.45, 7) is 5.70. The Morgan fingerprint density at radius 3 is 2.42 bits per heavy atom. The topological polar surface area (TPSA) is 55.8 Å². The number of methoxy groups -OCH3 is 1. The number of carbonyl (C=O) groups is 2. The third kappa shape index (κ3) is 6.77. The van der Waals surface area contributed by atoms with Gasteiger partial charge in [0.25, 0.3) is 5.91 Å². The fraction of sp³-hybridized carbons (Fsp3) is 0.355. The fourth-order valence-corrected chi connectivity index (χ4v) is 6.04. The van der Waals surface area contributed by atoms with Gasteiger partial charge < -0.3 is 18.9 Å². The molecule has 0 aliphatic carbocycles. The van der Waals surface area contributed by atoms with Crippen LogP contribution in [0.3, 0.4) is 0 Å². The molecule has 200 valence electrons. The van der Waals surface area contributed by atoms with Crippen LogP contribution < -0.4 is 9.64 Å². The molecule has 1 heterocycles.